The van der Waals surface area contributed by atoms with Crippen molar-refractivity contribution in [2.75, 3.05) is 5.32 Å². The van der Waals surface area contributed by atoms with Crippen molar-refractivity contribution in [3.8, 4) is 0 Å². The van der Waals surface area contributed by atoms with Crippen molar-refractivity contribution in [3.05, 3.63) is 22.7 Å². The van der Waals surface area contributed by atoms with Crippen LogP contribution in [0.1, 0.15) is 19.3 Å². The van der Waals surface area contributed by atoms with E-state index < -0.39 is 10.0 Å². The summed E-state index contributed by atoms with van der Waals surface area (Å²) >= 11 is 3.16. The number of carbonyl (C=O) groups excluding carboxylic acids is 1. The zero-order chi connectivity index (χ0) is 14.5. The number of carbonyl (C=O) groups is 1. The summed E-state index contributed by atoms with van der Waals surface area (Å²) in [5, 5.41) is 7.93. The smallest absolute Gasteiger partial charge is 0.239 e. The van der Waals surface area contributed by atoms with Gasteiger partial charge in [0.1, 0.15) is 0 Å². The van der Waals surface area contributed by atoms with Gasteiger partial charge in [0.15, 0.2) is 0 Å². The third-order valence-electron chi connectivity index (χ3n) is 4.22. The van der Waals surface area contributed by atoms with Crippen molar-refractivity contribution in [1.82, 2.24) is 0 Å². The molecular formula is C13H15BrN2O3S. The van der Waals surface area contributed by atoms with E-state index in [0.717, 1.165) is 12.8 Å². The van der Waals surface area contributed by atoms with E-state index in [4.69, 9.17) is 5.14 Å². The van der Waals surface area contributed by atoms with Crippen LogP contribution >= 0.6 is 15.9 Å². The Balaban J connectivity index is 1.72. The minimum atomic E-state index is -3.75. The molecule has 0 spiro atoms. The van der Waals surface area contributed by atoms with Gasteiger partial charge >= 0.3 is 0 Å². The molecule has 2 fully saturated rings. The van der Waals surface area contributed by atoms with Crippen molar-refractivity contribution in [2.45, 2.75) is 24.2 Å². The van der Waals surface area contributed by atoms with Gasteiger partial charge in [-0.2, -0.15) is 0 Å². The van der Waals surface area contributed by atoms with Gasteiger partial charge in [-0.1, -0.05) is 6.42 Å². The number of benzene rings is 1. The molecule has 7 heteroatoms. The topological polar surface area (TPSA) is 89.3 Å². The molecule has 0 heterocycles. The number of rotatable bonds is 3. The predicted molar refractivity (Wildman–Crippen MR) is 78.5 cm³/mol. The van der Waals surface area contributed by atoms with Crippen LogP contribution in [0.2, 0.25) is 0 Å². The molecule has 0 aromatic heterocycles. The Labute approximate surface area is 126 Å². The van der Waals surface area contributed by atoms with Gasteiger partial charge in [0, 0.05) is 16.1 Å². The first-order valence-corrected chi connectivity index (χ1v) is 8.85. The van der Waals surface area contributed by atoms with Crippen LogP contribution in [-0.2, 0) is 14.8 Å². The van der Waals surface area contributed by atoms with Crippen LogP contribution in [0.3, 0.4) is 0 Å². The summed E-state index contributed by atoms with van der Waals surface area (Å²) in [5.41, 5.74) is 0.583. The number of hydrogen-bond acceptors (Lipinski definition) is 3. The molecular weight excluding hydrogens is 344 g/mol. The monoisotopic (exact) mass is 358 g/mol. The fraction of sp³-hybridized carbons (Fsp3) is 0.462. The largest absolute Gasteiger partial charge is 0.326 e. The Bertz CT molecular complexity index is 664. The first-order valence-electron chi connectivity index (χ1n) is 6.51. The lowest BCUT2D eigenvalue weighted by molar-refractivity contribution is -0.118. The molecule has 2 atom stereocenters. The lowest BCUT2D eigenvalue weighted by atomic mass is 10.1. The molecule has 2 aliphatic carbocycles. The lowest BCUT2D eigenvalue weighted by Gasteiger charge is -2.09. The molecule has 0 radical (unpaired) electrons. The number of fused-ring (bicyclic) bond motifs is 1. The highest BCUT2D eigenvalue weighted by molar-refractivity contribution is 9.10. The van der Waals surface area contributed by atoms with Gasteiger partial charge < -0.3 is 5.32 Å². The van der Waals surface area contributed by atoms with Crippen LogP contribution in [0.25, 0.3) is 0 Å². The van der Waals surface area contributed by atoms with Crippen LogP contribution in [0.15, 0.2) is 27.6 Å². The van der Waals surface area contributed by atoms with E-state index in [-0.39, 0.29) is 16.7 Å². The zero-order valence-corrected chi connectivity index (χ0v) is 13.1. The average Bonchev–Trinajstić information content (AvgIpc) is 2.82. The number of nitrogens with one attached hydrogen (secondary N) is 1. The summed E-state index contributed by atoms with van der Waals surface area (Å²) < 4.78 is 23.0. The molecule has 0 bridgehead atoms. The maximum absolute atomic E-state index is 12.1. The van der Waals surface area contributed by atoms with Crippen molar-refractivity contribution in [1.29, 1.82) is 0 Å². The molecule has 2 saturated carbocycles. The Morgan fingerprint density at radius 3 is 2.50 bits per heavy atom. The van der Waals surface area contributed by atoms with Crippen LogP contribution in [-0.4, -0.2) is 14.3 Å². The van der Waals surface area contributed by atoms with E-state index in [1.807, 2.05) is 0 Å². The molecule has 3 rings (SSSR count). The van der Waals surface area contributed by atoms with Gasteiger partial charge in [-0.25, -0.2) is 13.6 Å². The molecule has 0 aliphatic heterocycles. The second-order valence-electron chi connectivity index (χ2n) is 5.46. The number of nitrogens with two attached hydrogens (primary N) is 1. The van der Waals surface area contributed by atoms with Crippen LogP contribution in [0, 0.1) is 17.8 Å². The maximum Gasteiger partial charge on any atom is 0.239 e. The SMILES string of the molecule is NS(=O)(=O)c1ccc(NC(=O)C2C3CCCC32)cc1Br. The van der Waals surface area contributed by atoms with E-state index in [9.17, 15) is 13.2 Å². The highest BCUT2D eigenvalue weighted by Gasteiger charge is 2.56. The molecule has 20 heavy (non-hydrogen) atoms. The Morgan fingerprint density at radius 2 is 1.95 bits per heavy atom. The van der Waals surface area contributed by atoms with Gasteiger partial charge in [0.25, 0.3) is 0 Å². The molecule has 0 saturated heterocycles. The van der Waals surface area contributed by atoms with Crippen LogP contribution < -0.4 is 10.5 Å². The maximum atomic E-state index is 12.1. The molecule has 108 valence electrons. The van der Waals surface area contributed by atoms with Gasteiger partial charge in [0.2, 0.25) is 15.9 Å². The molecule has 2 aliphatic rings. The fourth-order valence-corrected chi connectivity index (χ4v) is 4.89. The Morgan fingerprint density at radius 1 is 1.30 bits per heavy atom. The Hall–Kier alpha value is -0.920. The summed E-state index contributed by atoms with van der Waals surface area (Å²) in [6, 6.07) is 4.51. The lowest BCUT2D eigenvalue weighted by Crippen LogP contribution is -2.17. The van der Waals surface area contributed by atoms with Gasteiger partial charge in [-0.15, -0.1) is 0 Å². The summed E-state index contributed by atoms with van der Waals surface area (Å²) in [6.07, 6.45) is 3.53. The molecule has 5 nitrogen and oxygen atoms in total. The van der Waals surface area contributed by atoms with Gasteiger partial charge in [0.05, 0.1) is 4.90 Å². The average molecular weight is 359 g/mol. The predicted octanol–water partition coefficient (Wildman–Crippen LogP) is 2.08. The summed E-state index contributed by atoms with van der Waals surface area (Å²) in [6.45, 7) is 0. The highest BCUT2D eigenvalue weighted by atomic mass is 79.9. The molecule has 1 aromatic carbocycles. The minimum absolute atomic E-state index is 0.0128. The number of anilines is 1. The third-order valence-corrected chi connectivity index (χ3v) is 6.10. The first kappa shape index (κ1) is 14.0. The third kappa shape index (κ3) is 2.49. The standard InChI is InChI=1S/C13H15BrN2O3S/c14-10-6-7(4-5-11(10)20(15,18)19)16-13(17)12-8-2-1-3-9(8)12/h4-6,8-9,12H,1-3H2,(H,16,17)(H2,15,18,19). The number of hydrogen-bond donors (Lipinski definition) is 2. The van der Waals surface area contributed by atoms with Gasteiger partial charge in [-0.3, -0.25) is 4.79 Å². The number of sulfonamides is 1. The molecule has 3 N–H and O–H groups in total. The summed E-state index contributed by atoms with van der Waals surface area (Å²) in [4.78, 5) is 12.1. The summed E-state index contributed by atoms with van der Waals surface area (Å²) in [7, 11) is -3.75. The second-order valence-corrected chi connectivity index (χ2v) is 7.85. The minimum Gasteiger partial charge on any atom is -0.326 e. The van der Waals surface area contributed by atoms with Gasteiger partial charge in [-0.05, 0) is 58.8 Å². The molecule has 1 amide bonds. The first-order chi connectivity index (χ1) is 9.38. The van der Waals surface area contributed by atoms with Crippen molar-refractivity contribution in [2.24, 2.45) is 22.9 Å². The van der Waals surface area contributed by atoms with Crippen molar-refractivity contribution in [3.63, 3.8) is 0 Å². The summed E-state index contributed by atoms with van der Waals surface area (Å²) in [5.74, 6) is 1.29. The number of halogens is 1. The second kappa shape index (κ2) is 4.82. The van der Waals surface area contributed by atoms with E-state index in [0.29, 0.717) is 22.0 Å². The van der Waals surface area contributed by atoms with E-state index in [1.165, 1.54) is 12.5 Å². The van der Waals surface area contributed by atoms with E-state index in [1.54, 1.807) is 12.1 Å². The highest BCUT2D eigenvalue weighted by Crippen LogP contribution is 2.57. The number of amides is 1. The van der Waals surface area contributed by atoms with Crippen molar-refractivity contribution < 1.29 is 13.2 Å². The van der Waals surface area contributed by atoms with E-state index >= 15 is 0 Å². The van der Waals surface area contributed by atoms with E-state index in [2.05, 4.69) is 21.2 Å². The van der Waals surface area contributed by atoms with Crippen LogP contribution in [0.4, 0.5) is 5.69 Å². The molecule has 1 aromatic rings. The number of primary sulfonamides is 1. The van der Waals surface area contributed by atoms with Crippen LogP contribution in [0.5, 0.6) is 0 Å². The van der Waals surface area contributed by atoms with Crippen molar-refractivity contribution >= 4 is 37.5 Å². The Kier molecular flexibility index (Phi) is 3.38. The normalized spacial score (nSPS) is 28.0. The quantitative estimate of drug-likeness (QED) is 0.866. The zero-order valence-electron chi connectivity index (χ0n) is 10.7. The molecule has 2 unspecified atom stereocenters. The fourth-order valence-electron chi connectivity index (χ4n) is 3.25.